The van der Waals surface area contributed by atoms with E-state index >= 15 is 0 Å². The Hall–Kier alpha value is -2.05. The fourth-order valence-electron chi connectivity index (χ4n) is 2.12. The van der Waals surface area contributed by atoms with Gasteiger partial charge in [-0.2, -0.15) is 0 Å². The second kappa shape index (κ2) is 6.15. The molecule has 0 aliphatic rings. The van der Waals surface area contributed by atoms with Crippen LogP contribution in [0.15, 0.2) is 40.9 Å². The average molecular weight is 300 g/mol. The highest BCUT2D eigenvalue weighted by Gasteiger charge is 2.13. The fourth-order valence-corrected chi connectivity index (χ4v) is 2.78. The summed E-state index contributed by atoms with van der Waals surface area (Å²) >= 11 is 1.43. The Balaban J connectivity index is 1.64. The minimum atomic E-state index is 0.196. The molecule has 3 aromatic rings. The maximum atomic E-state index is 5.39. The lowest BCUT2D eigenvalue weighted by Gasteiger charge is -2.10. The quantitative estimate of drug-likeness (QED) is 0.783. The maximum Gasteiger partial charge on any atom is 0.167 e. The minimum absolute atomic E-state index is 0.196. The van der Waals surface area contributed by atoms with Crippen LogP contribution in [0.4, 0.5) is 0 Å². The first kappa shape index (κ1) is 13.9. The van der Waals surface area contributed by atoms with Crippen LogP contribution in [0.3, 0.4) is 0 Å². The Bertz CT molecular complexity index is 707. The number of aryl methyl sites for hydroxylation is 1. The molecular formula is C15H16N4OS. The Morgan fingerprint density at radius 3 is 2.81 bits per heavy atom. The lowest BCUT2D eigenvalue weighted by molar-refractivity contribution is 0.417. The molecule has 1 atom stereocenters. The Morgan fingerprint density at radius 2 is 2.10 bits per heavy atom. The summed E-state index contributed by atoms with van der Waals surface area (Å²) in [6, 6.07) is 12.1. The normalized spacial score (nSPS) is 12.5. The van der Waals surface area contributed by atoms with Crippen molar-refractivity contribution >= 4 is 11.5 Å². The minimum Gasteiger partial charge on any atom is -0.356 e. The molecular weight excluding hydrogens is 284 g/mol. The molecule has 0 bridgehead atoms. The molecule has 1 N–H and O–H groups in total. The van der Waals surface area contributed by atoms with Crippen molar-refractivity contribution in [3.63, 3.8) is 0 Å². The fraction of sp³-hybridized carbons (Fsp3) is 0.267. The molecule has 1 unspecified atom stereocenters. The van der Waals surface area contributed by atoms with Gasteiger partial charge in [0, 0.05) is 24.2 Å². The van der Waals surface area contributed by atoms with Crippen LogP contribution in [0.2, 0.25) is 0 Å². The highest BCUT2D eigenvalue weighted by molar-refractivity contribution is 7.05. The van der Waals surface area contributed by atoms with Crippen molar-refractivity contribution in [3.05, 3.63) is 52.7 Å². The van der Waals surface area contributed by atoms with E-state index in [1.54, 1.807) is 0 Å². The van der Waals surface area contributed by atoms with Crippen molar-refractivity contribution in [1.82, 2.24) is 20.1 Å². The predicted octanol–water partition coefficient (Wildman–Crippen LogP) is 3.35. The molecule has 108 valence electrons. The van der Waals surface area contributed by atoms with Gasteiger partial charge in [-0.15, -0.1) is 5.10 Å². The van der Waals surface area contributed by atoms with Crippen molar-refractivity contribution in [2.75, 3.05) is 0 Å². The highest BCUT2D eigenvalue weighted by Crippen LogP contribution is 2.22. The summed E-state index contributed by atoms with van der Waals surface area (Å²) in [6.07, 6.45) is 0. The molecule has 6 heteroatoms. The topological polar surface area (TPSA) is 63.8 Å². The summed E-state index contributed by atoms with van der Waals surface area (Å²) in [4.78, 5) is 1.15. The molecule has 3 rings (SSSR count). The zero-order chi connectivity index (χ0) is 14.7. The molecule has 0 saturated heterocycles. The van der Waals surface area contributed by atoms with Crippen molar-refractivity contribution < 1.29 is 4.52 Å². The van der Waals surface area contributed by atoms with Crippen molar-refractivity contribution in [2.24, 2.45) is 0 Å². The Morgan fingerprint density at radius 1 is 1.29 bits per heavy atom. The number of hydrogen-bond donors (Lipinski definition) is 1. The SMILES string of the molecule is Cc1nnsc1C(C)NCc1cc(-c2ccccc2)on1. The predicted molar refractivity (Wildman–Crippen MR) is 81.8 cm³/mol. The van der Waals surface area contributed by atoms with Crippen LogP contribution in [0.25, 0.3) is 11.3 Å². The highest BCUT2D eigenvalue weighted by atomic mass is 32.1. The summed E-state index contributed by atoms with van der Waals surface area (Å²) in [6.45, 7) is 4.72. The molecule has 0 saturated carbocycles. The number of hydrogen-bond acceptors (Lipinski definition) is 6. The van der Waals surface area contributed by atoms with E-state index in [-0.39, 0.29) is 6.04 Å². The third-order valence-electron chi connectivity index (χ3n) is 3.29. The first-order chi connectivity index (χ1) is 10.2. The Labute approximate surface area is 127 Å². The molecule has 0 aliphatic carbocycles. The van der Waals surface area contributed by atoms with Crippen LogP contribution in [-0.4, -0.2) is 14.7 Å². The molecule has 0 aliphatic heterocycles. The van der Waals surface area contributed by atoms with E-state index < -0.39 is 0 Å². The number of nitrogens with one attached hydrogen (secondary N) is 1. The average Bonchev–Trinajstić information content (AvgIpc) is 3.15. The van der Waals surface area contributed by atoms with Crippen LogP contribution >= 0.6 is 11.5 Å². The largest absolute Gasteiger partial charge is 0.356 e. The van der Waals surface area contributed by atoms with Gasteiger partial charge in [0.25, 0.3) is 0 Å². The summed E-state index contributed by atoms with van der Waals surface area (Å²) in [5.41, 5.74) is 2.90. The Kier molecular flexibility index (Phi) is 4.08. The third-order valence-corrected chi connectivity index (χ3v) is 4.30. The van der Waals surface area contributed by atoms with E-state index in [9.17, 15) is 0 Å². The zero-order valence-corrected chi connectivity index (χ0v) is 12.7. The number of nitrogens with zero attached hydrogens (tertiary/aromatic N) is 3. The van der Waals surface area contributed by atoms with Gasteiger partial charge in [-0.05, 0) is 25.4 Å². The second-order valence-corrected chi connectivity index (χ2v) is 5.66. The molecule has 21 heavy (non-hydrogen) atoms. The molecule has 1 aromatic carbocycles. The second-order valence-electron chi connectivity index (χ2n) is 4.87. The van der Waals surface area contributed by atoms with E-state index in [2.05, 4.69) is 27.0 Å². The standard InChI is InChI=1S/C15H16N4OS/c1-10(15-11(2)17-19-21-15)16-9-13-8-14(20-18-13)12-6-4-3-5-7-12/h3-8,10,16H,9H2,1-2H3. The van der Waals surface area contributed by atoms with Crippen molar-refractivity contribution in [3.8, 4) is 11.3 Å². The van der Waals surface area contributed by atoms with Gasteiger partial charge >= 0.3 is 0 Å². The molecule has 0 amide bonds. The van der Waals surface area contributed by atoms with Gasteiger partial charge in [0.2, 0.25) is 0 Å². The summed E-state index contributed by atoms with van der Waals surface area (Å²) in [7, 11) is 0. The summed E-state index contributed by atoms with van der Waals surface area (Å²) < 4.78 is 9.34. The van der Waals surface area contributed by atoms with E-state index in [1.807, 2.05) is 43.3 Å². The first-order valence-electron chi connectivity index (χ1n) is 6.77. The number of benzene rings is 1. The van der Waals surface area contributed by atoms with E-state index in [0.29, 0.717) is 6.54 Å². The maximum absolute atomic E-state index is 5.39. The number of rotatable bonds is 5. The van der Waals surface area contributed by atoms with Crippen LogP contribution in [0.5, 0.6) is 0 Å². The van der Waals surface area contributed by atoms with Gasteiger partial charge in [-0.25, -0.2) is 0 Å². The first-order valence-corrected chi connectivity index (χ1v) is 7.54. The summed E-state index contributed by atoms with van der Waals surface area (Å²) in [5, 5.41) is 11.5. The smallest absolute Gasteiger partial charge is 0.167 e. The third kappa shape index (κ3) is 3.17. The number of aromatic nitrogens is 3. The van der Waals surface area contributed by atoms with E-state index in [1.165, 1.54) is 11.5 Å². The zero-order valence-electron chi connectivity index (χ0n) is 11.9. The van der Waals surface area contributed by atoms with Gasteiger partial charge < -0.3 is 9.84 Å². The molecule has 0 fully saturated rings. The van der Waals surface area contributed by atoms with E-state index in [0.717, 1.165) is 27.6 Å². The van der Waals surface area contributed by atoms with Crippen LogP contribution in [-0.2, 0) is 6.54 Å². The monoisotopic (exact) mass is 300 g/mol. The van der Waals surface area contributed by atoms with Crippen molar-refractivity contribution in [1.29, 1.82) is 0 Å². The van der Waals surface area contributed by atoms with Gasteiger partial charge in [0.05, 0.1) is 16.3 Å². The molecule has 2 heterocycles. The van der Waals surface area contributed by atoms with Crippen LogP contribution in [0.1, 0.15) is 29.2 Å². The van der Waals surface area contributed by atoms with Gasteiger partial charge in [-0.1, -0.05) is 40.0 Å². The van der Waals surface area contributed by atoms with Gasteiger partial charge in [0.15, 0.2) is 5.76 Å². The molecule has 0 radical (unpaired) electrons. The molecule has 2 aromatic heterocycles. The van der Waals surface area contributed by atoms with E-state index in [4.69, 9.17) is 4.52 Å². The van der Waals surface area contributed by atoms with Gasteiger partial charge in [0.1, 0.15) is 0 Å². The lowest BCUT2D eigenvalue weighted by atomic mass is 10.1. The molecule has 5 nitrogen and oxygen atoms in total. The van der Waals surface area contributed by atoms with Crippen LogP contribution in [0, 0.1) is 6.92 Å². The lowest BCUT2D eigenvalue weighted by Crippen LogP contribution is -2.18. The summed E-state index contributed by atoms with van der Waals surface area (Å²) in [5.74, 6) is 0.788. The van der Waals surface area contributed by atoms with Gasteiger partial charge in [-0.3, -0.25) is 0 Å². The van der Waals surface area contributed by atoms with Crippen molar-refractivity contribution in [2.45, 2.75) is 26.4 Å². The van der Waals surface area contributed by atoms with Crippen LogP contribution < -0.4 is 5.32 Å². The molecule has 0 spiro atoms.